The first-order valence-electron chi connectivity index (χ1n) is 7.93. The van der Waals surface area contributed by atoms with Gasteiger partial charge >= 0.3 is 0 Å². The predicted octanol–water partition coefficient (Wildman–Crippen LogP) is 4.50. The highest BCUT2D eigenvalue weighted by atomic mass is 31.1. The third-order valence-electron chi connectivity index (χ3n) is 5.50. The second-order valence-corrected chi connectivity index (χ2v) is 9.82. The van der Waals surface area contributed by atoms with E-state index in [0.29, 0.717) is 0 Å². The fourth-order valence-corrected chi connectivity index (χ4v) is 9.00. The van der Waals surface area contributed by atoms with Gasteiger partial charge in [0.2, 0.25) is 0 Å². The molecule has 2 heterocycles. The van der Waals surface area contributed by atoms with E-state index < -0.39 is 0 Å². The van der Waals surface area contributed by atoms with E-state index in [1.807, 2.05) is 0 Å². The smallest absolute Gasteiger partial charge is 0 e. The van der Waals surface area contributed by atoms with Crippen LogP contribution in [0.4, 0.5) is 0 Å². The first-order valence-corrected chi connectivity index (χ1v) is 9.41. The molecule has 2 fully saturated rings. The maximum absolute atomic E-state index is 2.44. The van der Waals surface area contributed by atoms with Gasteiger partial charge in [-0.25, -0.2) is 0 Å². The van der Waals surface area contributed by atoms with Crippen molar-refractivity contribution in [2.45, 2.75) is 51.9 Å². The van der Waals surface area contributed by atoms with Crippen LogP contribution < -0.4 is 5.30 Å². The number of fused-ring (bicyclic) bond motifs is 2. The normalized spacial score (nSPS) is 35.6. The molecule has 0 N–H and O–H groups in total. The first kappa shape index (κ1) is 16.1. The van der Waals surface area contributed by atoms with Crippen molar-refractivity contribution >= 4 is 21.6 Å². The molecule has 107 valence electrons. The summed E-state index contributed by atoms with van der Waals surface area (Å²) >= 11 is 0. The summed E-state index contributed by atoms with van der Waals surface area (Å²) in [6, 6.07) is 11.4. The monoisotopic (exact) mass is 285 g/mol. The number of rotatable bonds is 3. The predicted molar refractivity (Wildman–Crippen MR) is 92.2 cm³/mol. The number of hydrogen-bond acceptors (Lipinski definition) is 0. The molecule has 2 saturated heterocycles. The topological polar surface area (TPSA) is 0 Å². The molecule has 0 nitrogen and oxygen atoms in total. The zero-order valence-electron chi connectivity index (χ0n) is 13.3. The standard InChI is InChI=1S/C18H27P.B/c1-12(2)15-10-18-16(13(3)4)11-17(15)19(18)14-8-6-5-7-9-14;/h5-9,12-13,15-18H,10-11H2,1-4H3;/t15-,16-,17-,18-;/m1./s1. The van der Waals surface area contributed by atoms with Gasteiger partial charge in [0, 0.05) is 8.41 Å². The second-order valence-electron chi connectivity index (χ2n) is 7.16. The van der Waals surface area contributed by atoms with E-state index in [4.69, 9.17) is 0 Å². The van der Waals surface area contributed by atoms with Crippen LogP contribution in [0.1, 0.15) is 40.5 Å². The molecule has 20 heavy (non-hydrogen) atoms. The van der Waals surface area contributed by atoms with E-state index in [0.717, 1.165) is 35.0 Å². The molecule has 0 saturated carbocycles. The fourth-order valence-electron chi connectivity index (χ4n) is 4.52. The average molecular weight is 285 g/mol. The Bertz CT molecular complexity index is 406. The van der Waals surface area contributed by atoms with Crippen molar-refractivity contribution in [3.05, 3.63) is 30.3 Å². The molecule has 1 aromatic carbocycles. The van der Waals surface area contributed by atoms with E-state index in [2.05, 4.69) is 58.0 Å². The van der Waals surface area contributed by atoms with Gasteiger partial charge in [0.15, 0.2) is 0 Å². The lowest BCUT2D eigenvalue weighted by molar-refractivity contribution is 0.232. The summed E-state index contributed by atoms with van der Waals surface area (Å²) in [5, 5.41) is 1.68. The van der Waals surface area contributed by atoms with Crippen LogP contribution in [0, 0.1) is 23.7 Å². The minimum Gasteiger partial charge on any atom is -0.0684 e. The molecule has 1 aromatic rings. The van der Waals surface area contributed by atoms with E-state index in [1.165, 1.54) is 12.8 Å². The Morgan fingerprint density at radius 2 is 1.30 bits per heavy atom. The van der Waals surface area contributed by atoms with Crippen molar-refractivity contribution < 1.29 is 0 Å². The van der Waals surface area contributed by atoms with Crippen LogP contribution in [0.5, 0.6) is 0 Å². The lowest BCUT2D eigenvalue weighted by atomic mass is 9.73. The summed E-state index contributed by atoms with van der Waals surface area (Å²) in [5.74, 6) is 3.73. The molecule has 0 aliphatic carbocycles. The van der Waals surface area contributed by atoms with Crippen molar-refractivity contribution in [1.82, 2.24) is 0 Å². The van der Waals surface area contributed by atoms with Crippen molar-refractivity contribution in [1.29, 1.82) is 0 Å². The van der Waals surface area contributed by atoms with Gasteiger partial charge in [-0.1, -0.05) is 65.9 Å². The Morgan fingerprint density at radius 3 is 1.70 bits per heavy atom. The molecular formula is C18H27BP. The van der Waals surface area contributed by atoms with Gasteiger partial charge in [0.1, 0.15) is 0 Å². The molecule has 0 amide bonds. The van der Waals surface area contributed by atoms with Gasteiger partial charge in [-0.2, -0.15) is 0 Å². The maximum atomic E-state index is 2.44. The molecular weight excluding hydrogens is 258 g/mol. The largest absolute Gasteiger partial charge is 0.0684 e. The number of benzene rings is 1. The molecule has 0 aromatic heterocycles. The molecule has 3 rings (SSSR count). The molecule has 4 atom stereocenters. The van der Waals surface area contributed by atoms with Crippen LogP contribution in [0.25, 0.3) is 0 Å². The molecule has 0 unspecified atom stereocenters. The summed E-state index contributed by atoms with van der Waals surface area (Å²) in [5.41, 5.74) is 2.02. The summed E-state index contributed by atoms with van der Waals surface area (Å²) in [4.78, 5) is 0. The SMILES string of the molecule is CC(C)[C@H]1C[C@@H]2[C@@H](C(C)C)C[C@H]1P2c1ccccc1.[B]. The molecule has 0 spiro atoms. The summed E-state index contributed by atoms with van der Waals surface area (Å²) in [7, 11) is 0.105. The average Bonchev–Trinajstić information content (AvgIpc) is 2.94. The van der Waals surface area contributed by atoms with E-state index in [-0.39, 0.29) is 16.3 Å². The Hall–Kier alpha value is -0.285. The summed E-state index contributed by atoms with van der Waals surface area (Å²) in [6.45, 7) is 9.75. The number of hydrogen-bond donors (Lipinski definition) is 0. The fraction of sp³-hybridized carbons (Fsp3) is 0.667. The van der Waals surface area contributed by atoms with Crippen LogP contribution in [-0.2, 0) is 0 Å². The van der Waals surface area contributed by atoms with Gasteiger partial charge < -0.3 is 0 Å². The minimum atomic E-state index is 0. The van der Waals surface area contributed by atoms with Crippen molar-refractivity contribution in [2.75, 3.05) is 0 Å². The zero-order valence-corrected chi connectivity index (χ0v) is 14.2. The third-order valence-corrected chi connectivity index (χ3v) is 9.01. The Kier molecular flexibility index (Phi) is 5.01. The van der Waals surface area contributed by atoms with Crippen LogP contribution in [0.2, 0.25) is 0 Å². The Balaban J connectivity index is 0.00000147. The Labute approximate surface area is 128 Å². The molecule has 2 aliphatic heterocycles. The van der Waals surface area contributed by atoms with Crippen LogP contribution in [-0.4, -0.2) is 19.7 Å². The summed E-state index contributed by atoms with van der Waals surface area (Å²) in [6.07, 6.45) is 3.01. The second kappa shape index (κ2) is 6.23. The van der Waals surface area contributed by atoms with E-state index in [9.17, 15) is 0 Å². The minimum absolute atomic E-state index is 0. The third kappa shape index (κ3) is 2.59. The van der Waals surface area contributed by atoms with Crippen LogP contribution >= 0.6 is 7.92 Å². The van der Waals surface area contributed by atoms with Crippen LogP contribution in [0.3, 0.4) is 0 Å². The zero-order chi connectivity index (χ0) is 13.6. The molecule has 2 heteroatoms. The van der Waals surface area contributed by atoms with Gasteiger partial charge in [0.25, 0.3) is 0 Å². The summed E-state index contributed by atoms with van der Waals surface area (Å²) < 4.78 is 0. The van der Waals surface area contributed by atoms with Crippen molar-refractivity contribution in [3.63, 3.8) is 0 Å². The highest BCUT2D eigenvalue weighted by Crippen LogP contribution is 2.69. The van der Waals surface area contributed by atoms with Gasteiger partial charge in [0.05, 0.1) is 0 Å². The maximum Gasteiger partial charge on any atom is 0 e. The lowest BCUT2D eigenvalue weighted by Gasteiger charge is -2.31. The molecule has 2 bridgehead atoms. The highest BCUT2D eigenvalue weighted by Gasteiger charge is 2.54. The van der Waals surface area contributed by atoms with Gasteiger partial charge in [-0.05, 0) is 53.1 Å². The van der Waals surface area contributed by atoms with Gasteiger partial charge in [-0.3, -0.25) is 0 Å². The van der Waals surface area contributed by atoms with E-state index >= 15 is 0 Å². The molecule has 3 radical (unpaired) electrons. The quantitative estimate of drug-likeness (QED) is 0.566. The van der Waals surface area contributed by atoms with Crippen molar-refractivity contribution in [2.24, 2.45) is 23.7 Å². The van der Waals surface area contributed by atoms with Crippen molar-refractivity contribution in [3.8, 4) is 0 Å². The Morgan fingerprint density at radius 1 is 0.850 bits per heavy atom. The van der Waals surface area contributed by atoms with Gasteiger partial charge in [-0.15, -0.1) is 0 Å². The van der Waals surface area contributed by atoms with Crippen LogP contribution in [0.15, 0.2) is 30.3 Å². The lowest BCUT2D eigenvalue weighted by Crippen LogP contribution is -2.29. The molecule has 2 aliphatic rings. The first-order chi connectivity index (χ1) is 9.09. The highest BCUT2D eigenvalue weighted by molar-refractivity contribution is 7.67. The van der Waals surface area contributed by atoms with E-state index in [1.54, 1.807) is 5.30 Å².